The van der Waals surface area contributed by atoms with Gasteiger partial charge < -0.3 is 10.4 Å². The number of halogens is 3. The Labute approximate surface area is 141 Å². The molecule has 132 valence electrons. The Morgan fingerprint density at radius 3 is 2.40 bits per heavy atom. The lowest BCUT2D eigenvalue weighted by atomic mass is 9.99. The summed E-state index contributed by atoms with van der Waals surface area (Å²) in [6.45, 7) is 1.59. The molecule has 1 unspecified atom stereocenters. The Bertz CT molecular complexity index is 773. The number of pyridine rings is 1. The van der Waals surface area contributed by atoms with Crippen LogP contribution in [0.25, 0.3) is 0 Å². The average Bonchev–Trinajstić information content (AvgIpc) is 2.54. The zero-order chi connectivity index (χ0) is 18.6. The number of hydrogen-bond acceptors (Lipinski definition) is 3. The largest absolute Gasteiger partial charge is 0.478 e. The summed E-state index contributed by atoms with van der Waals surface area (Å²) in [5.41, 5.74) is -0.333. The lowest BCUT2D eigenvalue weighted by molar-refractivity contribution is -0.137. The van der Waals surface area contributed by atoms with Gasteiger partial charge in [0.15, 0.2) is 0 Å². The third-order valence-corrected chi connectivity index (χ3v) is 3.55. The zero-order valence-corrected chi connectivity index (χ0v) is 13.2. The van der Waals surface area contributed by atoms with E-state index in [1.807, 2.05) is 0 Å². The predicted molar refractivity (Wildman–Crippen MR) is 84.1 cm³/mol. The minimum absolute atomic E-state index is 0.0701. The molecule has 0 radical (unpaired) electrons. The number of hydrogen-bond donors (Lipinski definition) is 2. The Hall–Kier alpha value is -2.90. The van der Waals surface area contributed by atoms with Crippen molar-refractivity contribution in [3.05, 3.63) is 59.3 Å². The van der Waals surface area contributed by atoms with Crippen molar-refractivity contribution in [2.75, 3.05) is 5.32 Å². The van der Waals surface area contributed by atoms with E-state index < -0.39 is 29.5 Å². The standard InChI is InChI=1S/C17H15F3N2O3/c1-10(9-11-4-6-12(7-5-11)17(18,19)20)15(23)22-14-13(16(24)25)3-2-8-21-14/h2-8,10H,9H2,1H3,(H,24,25)(H,21,22,23). The number of aromatic nitrogens is 1. The first-order valence-electron chi connectivity index (χ1n) is 7.34. The molecule has 2 N–H and O–H groups in total. The molecule has 2 rings (SSSR count). The molecule has 1 heterocycles. The van der Waals surface area contributed by atoms with E-state index in [4.69, 9.17) is 5.11 Å². The first-order chi connectivity index (χ1) is 11.7. The third kappa shape index (κ3) is 4.79. The lowest BCUT2D eigenvalue weighted by Crippen LogP contribution is -2.24. The molecule has 0 bridgehead atoms. The highest BCUT2D eigenvalue weighted by atomic mass is 19.4. The van der Waals surface area contributed by atoms with Gasteiger partial charge >= 0.3 is 12.1 Å². The molecule has 8 heteroatoms. The molecule has 0 saturated carbocycles. The number of carbonyl (C=O) groups is 2. The fourth-order valence-corrected chi connectivity index (χ4v) is 2.19. The van der Waals surface area contributed by atoms with Crippen LogP contribution in [0, 0.1) is 5.92 Å². The second-order valence-corrected chi connectivity index (χ2v) is 5.49. The van der Waals surface area contributed by atoms with Crippen LogP contribution < -0.4 is 5.32 Å². The second-order valence-electron chi connectivity index (χ2n) is 5.49. The lowest BCUT2D eigenvalue weighted by Gasteiger charge is -2.13. The molecule has 2 aromatic rings. The van der Waals surface area contributed by atoms with Crippen LogP contribution in [0.5, 0.6) is 0 Å². The summed E-state index contributed by atoms with van der Waals surface area (Å²) >= 11 is 0. The maximum Gasteiger partial charge on any atom is 0.416 e. The minimum atomic E-state index is -4.41. The van der Waals surface area contributed by atoms with Gasteiger partial charge in [-0.1, -0.05) is 19.1 Å². The van der Waals surface area contributed by atoms with E-state index in [1.54, 1.807) is 6.92 Å². The summed E-state index contributed by atoms with van der Waals surface area (Å²) in [5, 5.41) is 11.5. The first-order valence-corrected chi connectivity index (χ1v) is 7.34. The van der Waals surface area contributed by atoms with Crippen molar-refractivity contribution in [2.45, 2.75) is 19.5 Å². The van der Waals surface area contributed by atoms with Gasteiger partial charge in [0.05, 0.1) is 5.56 Å². The predicted octanol–water partition coefficient (Wildman–Crippen LogP) is 3.62. The van der Waals surface area contributed by atoms with E-state index in [2.05, 4.69) is 10.3 Å². The number of alkyl halides is 3. The molecule has 1 amide bonds. The summed E-state index contributed by atoms with van der Waals surface area (Å²) in [7, 11) is 0. The van der Waals surface area contributed by atoms with Crippen LogP contribution >= 0.6 is 0 Å². The van der Waals surface area contributed by atoms with Gasteiger partial charge in [-0.3, -0.25) is 4.79 Å². The number of benzene rings is 1. The molecule has 0 fully saturated rings. The van der Waals surface area contributed by atoms with Crippen LogP contribution in [0.15, 0.2) is 42.6 Å². The molecule has 0 aliphatic heterocycles. The molecule has 0 aliphatic carbocycles. The highest BCUT2D eigenvalue weighted by Crippen LogP contribution is 2.29. The Morgan fingerprint density at radius 1 is 1.20 bits per heavy atom. The average molecular weight is 352 g/mol. The number of carboxylic acids is 1. The molecule has 1 aromatic carbocycles. The summed E-state index contributed by atoms with van der Waals surface area (Å²) in [6, 6.07) is 7.30. The van der Waals surface area contributed by atoms with Crippen LogP contribution in [0.4, 0.5) is 19.0 Å². The van der Waals surface area contributed by atoms with Crippen molar-refractivity contribution in [1.82, 2.24) is 4.98 Å². The van der Waals surface area contributed by atoms with E-state index in [0.29, 0.717) is 5.56 Å². The number of aromatic carboxylic acids is 1. The van der Waals surface area contributed by atoms with Crippen molar-refractivity contribution in [1.29, 1.82) is 0 Å². The summed E-state index contributed by atoms with van der Waals surface area (Å²) < 4.78 is 37.6. The Morgan fingerprint density at radius 2 is 1.84 bits per heavy atom. The zero-order valence-electron chi connectivity index (χ0n) is 13.2. The van der Waals surface area contributed by atoms with Gasteiger partial charge in [-0.2, -0.15) is 13.2 Å². The number of amides is 1. The van der Waals surface area contributed by atoms with Crippen molar-refractivity contribution >= 4 is 17.7 Å². The fourth-order valence-electron chi connectivity index (χ4n) is 2.19. The molecular formula is C17H15F3N2O3. The van der Waals surface area contributed by atoms with Gasteiger partial charge in [0.2, 0.25) is 5.91 Å². The Kier molecular flexibility index (Phi) is 5.41. The van der Waals surface area contributed by atoms with Crippen LogP contribution in [-0.4, -0.2) is 22.0 Å². The van der Waals surface area contributed by atoms with Crippen LogP contribution in [0.2, 0.25) is 0 Å². The smallest absolute Gasteiger partial charge is 0.416 e. The third-order valence-electron chi connectivity index (χ3n) is 3.55. The van der Waals surface area contributed by atoms with Crippen molar-refractivity contribution in [3.8, 4) is 0 Å². The molecule has 1 aromatic heterocycles. The molecular weight excluding hydrogens is 337 g/mol. The quantitative estimate of drug-likeness (QED) is 0.861. The monoisotopic (exact) mass is 352 g/mol. The van der Waals surface area contributed by atoms with Crippen LogP contribution in [0.1, 0.15) is 28.4 Å². The van der Waals surface area contributed by atoms with Gasteiger partial charge in [-0.05, 0) is 36.2 Å². The van der Waals surface area contributed by atoms with Crippen molar-refractivity contribution < 1.29 is 27.9 Å². The summed E-state index contributed by atoms with van der Waals surface area (Å²) in [4.78, 5) is 27.1. The molecule has 25 heavy (non-hydrogen) atoms. The molecule has 0 saturated heterocycles. The minimum Gasteiger partial charge on any atom is -0.478 e. The van der Waals surface area contributed by atoms with Gasteiger partial charge in [0, 0.05) is 12.1 Å². The number of carboxylic acid groups (broad SMARTS) is 1. The number of carbonyl (C=O) groups excluding carboxylic acids is 1. The SMILES string of the molecule is CC(Cc1ccc(C(F)(F)F)cc1)C(=O)Nc1ncccc1C(=O)O. The second kappa shape index (κ2) is 7.33. The summed E-state index contributed by atoms with van der Waals surface area (Å²) in [6.07, 6.45) is -2.85. The van der Waals surface area contributed by atoms with E-state index in [9.17, 15) is 22.8 Å². The van der Waals surface area contributed by atoms with Crippen LogP contribution in [0.3, 0.4) is 0 Å². The van der Waals surface area contributed by atoms with E-state index in [-0.39, 0.29) is 17.8 Å². The topological polar surface area (TPSA) is 79.3 Å². The summed E-state index contributed by atoms with van der Waals surface area (Å²) in [5.74, 6) is -2.35. The highest BCUT2D eigenvalue weighted by Gasteiger charge is 2.30. The molecule has 0 aliphatic rings. The van der Waals surface area contributed by atoms with E-state index in [0.717, 1.165) is 12.1 Å². The van der Waals surface area contributed by atoms with E-state index >= 15 is 0 Å². The van der Waals surface area contributed by atoms with Gasteiger partial charge in [-0.15, -0.1) is 0 Å². The van der Waals surface area contributed by atoms with Gasteiger partial charge in [0.1, 0.15) is 11.4 Å². The molecule has 0 spiro atoms. The molecule has 5 nitrogen and oxygen atoms in total. The maximum absolute atomic E-state index is 12.5. The van der Waals surface area contributed by atoms with Crippen molar-refractivity contribution in [2.24, 2.45) is 5.92 Å². The maximum atomic E-state index is 12.5. The van der Waals surface area contributed by atoms with Crippen LogP contribution in [-0.2, 0) is 17.4 Å². The Balaban J connectivity index is 2.05. The number of nitrogens with zero attached hydrogens (tertiary/aromatic N) is 1. The fraction of sp³-hybridized carbons (Fsp3) is 0.235. The number of anilines is 1. The van der Waals surface area contributed by atoms with Gasteiger partial charge in [0.25, 0.3) is 0 Å². The normalized spacial score (nSPS) is 12.5. The first kappa shape index (κ1) is 18.4. The highest BCUT2D eigenvalue weighted by molar-refractivity contribution is 5.99. The van der Waals surface area contributed by atoms with Gasteiger partial charge in [-0.25, -0.2) is 9.78 Å². The number of rotatable bonds is 5. The van der Waals surface area contributed by atoms with Crippen molar-refractivity contribution in [3.63, 3.8) is 0 Å². The van der Waals surface area contributed by atoms with E-state index in [1.165, 1.54) is 30.5 Å². The number of nitrogens with one attached hydrogen (secondary N) is 1. The molecule has 1 atom stereocenters.